The predicted molar refractivity (Wildman–Crippen MR) is 63.0 cm³/mol. The number of nitrogens with zero attached hydrogens (tertiary/aromatic N) is 2. The van der Waals surface area contributed by atoms with Gasteiger partial charge in [-0.25, -0.2) is 8.78 Å². The number of benzene rings is 1. The van der Waals surface area contributed by atoms with Crippen LogP contribution in [-0.4, -0.2) is 21.4 Å². The van der Waals surface area contributed by atoms with Gasteiger partial charge in [0, 0.05) is 31.4 Å². The molecule has 1 heterocycles. The second kappa shape index (κ2) is 5.14. The summed E-state index contributed by atoms with van der Waals surface area (Å²) in [6.07, 6.45) is 2.27. The molecular weight excluding hydrogens is 240 g/mol. The minimum atomic E-state index is -1.05. The molecule has 1 unspecified atom stereocenters. The Labute approximate surface area is 103 Å². The van der Waals surface area contributed by atoms with Gasteiger partial charge < -0.3 is 10.4 Å². The molecule has 1 aromatic carbocycles. The second-order valence-corrected chi connectivity index (χ2v) is 3.97. The van der Waals surface area contributed by atoms with Crippen LogP contribution < -0.4 is 5.32 Å². The van der Waals surface area contributed by atoms with Crippen LogP contribution in [0.3, 0.4) is 0 Å². The molecule has 2 aromatic rings. The molecule has 2 N–H and O–H groups in total. The van der Waals surface area contributed by atoms with Crippen molar-refractivity contribution in [1.82, 2.24) is 9.78 Å². The predicted octanol–water partition coefficient (Wildman–Crippen LogP) is 1.84. The average molecular weight is 253 g/mol. The first-order valence-corrected chi connectivity index (χ1v) is 5.42. The summed E-state index contributed by atoms with van der Waals surface area (Å²) < 4.78 is 27.7. The van der Waals surface area contributed by atoms with Crippen LogP contribution in [0.1, 0.15) is 11.7 Å². The van der Waals surface area contributed by atoms with Gasteiger partial charge in [-0.3, -0.25) is 4.68 Å². The molecular formula is C12H13F2N3O. The van der Waals surface area contributed by atoms with E-state index in [-0.39, 0.29) is 12.1 Å². The molecule has 96 valence electrons. The van der Waals surface area contributed by atoms with E-state index < -0.39 is 17.7 Å². The van der Waals surface area contributed by atoms with E-state index in [4.69, 9.17) is 0 Å². The summed E-state index contributed by atoms with van der Waals surface area (Å²) in [5, 5.41) is 16.7. The molecule has 2 rings (SSSR count). The van der Waals surface area contributed by atoms with Crippen LogP contribution in [-0.2, 0) is 7.05 Å². The van der Waals surface area contributed by atoms with Crippen molar-refractivity contribution in [3.05, 3.63) is 47.8 Å². The quantitative estimate of drug-likeness (QED) is 0.874. The average Bonchev–Trinajstić information content (AvgIpc) is 2.72. The number of anilines is 1. The number of aryl methyl sites for hydroxylation is 1. The van der Waals surface area contributed by atoms with Crippen molar-refractivity contribution in [2.45, 2.75) is 6.10 Å². The van der Waals surface area contributed by atoms with E-state index >= 15 is 0 Å². The van der Waals surface area contributed by atoms with Gasteiger partial charge in [-0.15, -0.1) is 0 Å². The highest BCUT2D eigenvalue weighted by molar-refractivity contribution is 5.38. The molecule has 0 saturated carbocycles. The number of hydrogen-bond acceptors (Lipinski definition) is 3. The lowest BCUT2D eigenvalue weighted by Crippen LogP contribution is -2.13. The van der Waals surface area contributed by atoms with Crippen LogP contribution in [0.2, 0.25) is 0 Å². The van der Waals surface area contributed by atoms with Crippen LogP contribution in [0.4, 0.5) is 14.5 Å². The lowest BCUT2D eigenvalue weighted by molar-refractivity contribution is 0.186. The van der Waals surface area contributed by atoms with Crippen molar-refractivity contribution in [2.75, 3.05) is 11.9 Å². The van der Waals surface area contributed by atoms with Crippen LogP contribution in [0, 0.1) is 11.6 Å². The first-order chi connectivity index (χ1) is 8.56. The monoisotopic (exact) mass is 253 g/mol. The van der Waals surface area contributed by atoms with Crippen LogP contribution >= 0.6 is 0 Å². The molecule has 0 saturated heterocycles. The zero-order chi connectivity index (χ0) is 13.1. The molecule has 0 bridgehead atoms. The zero-order valence-electron chi connectivity index (χ0n) is 9.77. The van der Waals surface area contributed by atoms with Crippen molar-refractivity contribution in [2.24, 2.45) is 7.05 Å². The fourth-order valence-corrected chi connectivity index (χ4v) is 1.61. The SMILES string of the molecule is Cn1cc(NCC(O)c2ccc(F)cc2F)cn1. The molecule has 0 fully saturated rings. The minimum Gasteiger partial charge on any atom is -0.386 e. The lowest BCUT2D eigenvalue weighted by atomic mass is 10.1. The Bertz CT molecular complexity index is 542. The van der Waals surface area contributed by atoms with E-state index in [0.717, 1.165) is 17.8 Å². The highest BCUT2D eigenvalue weighted by Gasteiger charge is 2.13. The summed E-state index contributed by atoms with van der Waals surface area (Å²) in [6, 6.07) is 3.11. The Balaban J connectivity index is 2.01. The summed E-state index contributed by atoms with van der Waals surface area (Å²) >= 11 is 0. The number of hydrogen-bond donors (Lipinski definition) is 2. The highest BCUT2D eigenvalue weighted by Crippen LogP contribution is 2.18. The van der Waals surface area contributed by atoms with Gasteiger partial charge in [0.1, 0.15) is 11.6 Å². The molecule has 0 aliphatic heterocycles. The van der Waals surface area contributed by atoms with E-state index in [1.54, 1.807) is 24.1 Å². The first kappa shape index (κ1) is 12.5. The fraction of sp³-hybridized carbons (Fsp3) is 0.250. The molecule has 18 heavy (non-hydrogen) atoms. The largest absolute Gasteiger partial charge is 0.386 e. The maximum Gasteiger partial charge on any atom is 0.131 e. The van der Waals surface area contributed by atoms with Crippen LogP contribution in [0.15, 0.2) is 30.6 Å². The topological polar surface area (TPSA) is 50.1 Å². The third kappa shape index (κ3) is 2.84. The van der Waals surface area contributed by atoms with Crippen LogP contribution in [0.5, 0.6) is 0 Å². The number of aliphatic hydroxyl groups excluding tert-OH is 1. The number of rotatable bonds is 4. The van der Waals surface area contributed by atoms with Gasteiger partial charge in [0.15, 0.2) is 0 Å². The molecule has 0 spiro atoms. The van der Waals surface area contributed by atoms with Gasteiger partial charge in [-0.1, -0.05) is 6.07 Å². The van der Waals surface area contributed by atoms with Gasteiger partial charge >= 0.3 is 0 Å². The molecule has 1 aromatic heterocycles. The summed E-state index contributed by atoms with van der Waals surface area (Å²) in [6.45, 7) is 0.119. The Morgan fingerprint density at radius 1 is 1.44 bits per heavy atom. The number of aromatic nitrogens is 2. The van der Waals surface area contributed by atoms with Crippen molar-refractivity contribution in [1.29, 1.82) is 0 Å². The molecule has 0 amide bonds. The fourth-order valence-electron chi connectivity index (χ4n) is 1.61. The van der Waals surface area contributed by atoms with E-state index in [1.807, 2.05) is 0 Å². The summed E-state index contributed by atoms with van der Waals surface area (Å²) in [5.74, 6) is -1.42. The van der Waals surface area contributed by atoms with Crippen molar-refractivity contribution >= 4 is 5.69 Å². The second-order valence-electron chi connectivity index (χ2n) is 3.97. The summed E-state index contributed by atoms with van der Waals surface area (Å²) in [7, 11) is 1.77. The maximum atomic E-state index is 13.4. The third-order valence-corrected chi connectivity index (χ3v) is 2.53. The van der Waals surface area contributed by atoms with E-state index in [1.165, 1.54) is 6.07 Å². The van der Waals surface area contributed by atoms with Gasteiger partial charge in [0.25, 0.3) is 0 Å². The van der Waals surface area contributed by atoms with Crippen molar-refractivity contribution < 1.29 is 13.9 Å². The standard InChI is InChI=1S/C12H13F2N3O/c1-17-7-9(5-16-17)15-6-12(18)10-3-2-8(13)4-11(10)14/h2-5,7,12,15,18H,6H2,1H3. The number of aliphatic hydroxyl groups is 1. The third-order valence-electron chi connectivity index (χ3n) is 2.53. The lowest BCUT2D eigenvalue weighted by Gasteiger charge is -2.12. The molecule has 6 heteroatoms. The zero-order valence-corrected chi connectivity index (χ0v) is 9.77. The first-order valence-electron chi connectivity index (χ1n) is 5.42. The highest BCUT2D eigenvalue weighted by atomic mass is 19.1. The molecule has 1 atom stereocenters. The van der Waals surface area contributed by atoms with Gasteiger partial charge in [0.05, 0.1) is 18.0 Å². The normalized spacial score (nSPS) is 12.4. The Morgan fingerprint density at radius 3 is 2.83 bits per heavy atom. The van der Waals surface area contributed by atoms with Gasteiger partial charge in [0.2, 0.25) is 0 Å². The Kier molecular flexibility index (Phi) is 3.57. The molecule has 4 nitrogen and oxygen atoms in total. The summed E-state index contributed by atoms with van der Waals surface area (Å²) in [5.41, 5.74) is 0.784. The summed E-state index contributed by atoms with van der Waals surface area (Å²) in [4.78, 5) is 0. The number of halogens is 2. The van der Waals surface area contributed by atoms with Crippen LogP contribution in [0.25, 0.3) is 0 Å². The Morgan fingerprint density at radius 2 is 2.22 bits per heavy atom. The molecule has 0 radical (unpaired) electrons. The van der Waals surface area contributed by atoms with Gasteiger partial charge in [-0.2, -0.15) is 5.10 Å². The van der Waals surface area contributed by atoms with E-state index in [2.05, 4.69) is 10.4 Å². The Hall–Kier alpha value is -1.95. The number of nitrogens with one attached hydrogen (secondary N) is 1. The molecule has 0 aliphatic carbocycles. The van der Waals surface area contributed by atoms with Crippen molar-refractivity contribution in [3.8, 4) is 0 Å². The van der Waals surface area contributed by atoms with Gasteiger partial charge in [-0.05, 0) is 6.07 Å². The van der Waals surface area contributed by atoms with Crippen molar-refractivity contribution in [3.63, 3.8) is 0 Å². The molecule has 0 aliphatic rings. The smallest absolute Gasteiger partial charge is 0.131 e. The van der Waals surface area contributed by atoms with E-state index in [9.17, 15) is 13.9 Å². The van der Waals surface area contributed by atoms with E-state index in [0.29, 0.717) is 0 Å². The maximum absolute atomic E-state index is 13.4. The minimum absolute atomic E-state index is 0.0628.